The van der Waals surface area contributed by atoms with Crippen molar-refractivity contribution in [1.29, 1.82) is 0 Å². The van der Waals surface area contributed by atoms with Crippen LogP contribution in [0.25, 0.3) is 10.8 Å². The Morgan fingerprint density at radius 2 is 1.34 bits per heavy atom. The summed E-state index contributed by atoms with van der Waals surface area (Å²) in [6.07, 6.45) is 15.3. The normalized spacial score (nSPS) is 13.3. The summed E-state index contributed by atoms with van der Waals surface area (Å²) in [6.45, 7) is 4.04. The third-order valence-electron chi connectivity index (χ3n) is 5.90. The van der Waals surface area contributed by atoms with Crippen molar-refractivity contribution in [2.45, 2.75) is 77.6 Å². The van der Waals surface area contributed by atoms with Gasteiger partial charge in [-0.15, -0.1) is 0 Å². The molecule has 0 spiro atoms. The molecule has 0 radical (unpaired) electrons. The van der Waals surface area contributed by atoms with Crippen molar-refractivity contribution in [2.75, 3.05) is 39.6 Å². The third kappa shape index (κ3) is 14.1. The van der Waals surface area contributed by atoms with E-state index in [1.165, 1.54) is 57.8 Å². The SMILES string of the molecule is CCCCCCCCCCCCOCCOCCOP(=O)([O-])OCCc1[nH+]ccc2ccccc12. The number of phosphoric acid groups is 1. The Bertz CT molecular complexity index is 844. The largest absolute Gasteiger partial charge is 0.756 e. The minimum atomic E-state index is -4.35. The molecule has 1 N–H and O–H groups in total. The van der Waals surface area contributed by atoms with Gasteiger partial charge in [0.1, 0.15) is 0 Å². The second-order valence-electron chi connectivity index (χ2n) is 8.81. The van der Waals surface area contributed by atoms with Crippen molar-refractivity contribution < 1.29 is 33.0 Å². The second-order valence-corrected chi connectivity index (χ2v) is 10.2. The summed E-state index contributed by atoms with van der Waals surface area (Å²) in [7, 11) is -4.35. The smallest absolute Gasteiger partial charge is 0.267 e. The first kappa shape index (κ1) is 29.9. The maximum atomic E-state index is 11.9. The molecule has 1 aromatic heterocycles. The van der Waals surface area contributed by atoms with Gasteiger partial charge in [-0.05, 0) is 17.9 Å². The zero-order valence-electron chi connectivity index (χ0n) is 21.4. The minimum absolute atomic E-state index is 0.0128. The standard InChI is InChI=1S/C27H44NO6P/c1-2-3-4-5-6-7-8-9-10-13-19-31-21-22-32-23-24-34-35(29,30)33-20-17-27-26-15-12-11-14-25(26)16-18-28-27/h11-12,14-16,18H,2-10,13,17,19-24H2,1H3,(H,29,30). The number of rotatable bonds is 22. The number of pyridine rings is 1. The molecule has 1 heterocycles. The molecule has 2 rings (SSSR count). The van der Waals surface area contributed by atoms with Gasteiger partial charge in [0.05, 0.1) is 39.5 Å². The zero-order chi connectivity index (χ0) is 25.0. The van der Waals surface area contributed by atoms with Crippen LogP contribution in [0.3, 0.4) is 0 Å². The predicted octanol–water partition coefficient (Wildman–Crippen LogP) is 5.65. The van der Waals surface area contributed by atoms with Crippen LogP contribution in [-0.2, 0) is 29.5 Å². The van der Waals surface area contributed by atoms with E-state index in [1.807, 2.05) is 36.5 Å². The summed E-state index contributed by atoms with van der Waals surface area (Å²) in [6, 6.07) is 9.90. The van der Waals surface area contributed by atoms with E-state index in [9.17, 15) is 9.46 Å². The summed E-state index contributed by atoms with van der Waals surface area (Å²) >= 11 is 0. The van der Waals surface area contributed by atoms with Crippen molar-refractivity contribution >= 4 is 18.6 Å². The van der Waals surface area contributed by atoms with Crippen LogP contribution >= 0.6 is 7.82 Å². The van der Waals surface area contributed by atoms with Gasteiger partial charge in [0.25, 0.3) is 7.82 Å². The van der Waals surface area contributed by atoms with Crippen LogP contribution in [0.5, 0.6) is 0 Å². The van der Waals surface area contributed by atoms with Crippen molar-refractivity contribution in [3.8, 4) is 0 Å². The quantitative estimate of drug-likeness (QED) is 0.150. The number of benzene rings is 1. The van der Waals surface area contributed by atoms with Crippen LogP contribution in [-0.4, -0.2) is 39.6 Å². The number of aromatic nitrogens is 1. The zero-order valence-corrected chi connectivity index (χ0v) is 22.3. The molecule has 7 nitrogen and oxygen atoms in total. The lowest BCUT2D eigenvalue weighted by Crippen LogP contribution is -2.17. The molecule has 2 aromatic rings. The number of phosphoric ester groups is 1. The molecular formula is C27H44NO6P. The van der Waals surface area contributed by atoms with Gasteiger partial charge in [-0.2, -0.15) is 0 Å². The Morgan fingerprint density at radius 3 is 2.09 bits per heavy atom. The van der Waals surface area contributed by atoms with Crippen molar-refractivity contribution in [3.05, 3.63) is 42.2 Å². The number of nitrogens with one attached hydrogen (secondary N) is 1. The Balaban J connectivity index is 1.39. The predicted molar refractivity (Wildman–Crippen MR) is 137 cm³/mol. The lowest BCUT2D eigenvalue weighted by atomic mass is 10.1. The topological polar surface area (TPSA) is 91.2 Å². The molecule has 1 atom stereocenters. The van der Waals surface area contributed by atoms with Gasteiger partial charge in [0.2, 0.25) is 0 Å². The first-order chi connectivity index (χ1) is 17.1. The molecule has 0 amide bonds. The summed E-state index contributed by atoms with van der Waals surface area (Å²) in [5, 5.41) is 2.14. The van der Waals surface area contributed by atoms with E-state index in [-0.39, 0.29) is 19.8 Å². The molecule has 0 saturated carbocycles. The first-order valence-electron chi connectivity index (χ1n) is 13.3. The Kier molecular flexibility index (Phi) is 16.1. The summed E-state index contributed by atoms with van der Waals surface area (Å²) in [5.74, 6) is 0. The van der Waals surface area contributed by atoms with Gasteiger partial charge in [-0.25, -0.2) is 4.98 Å². The monoisotopic (exact) mass is 509 g/mol. The van der Waals surface area contributed by atoms with Gasteiger partial charge < -0.3 is 23.4 Å². The average Bonchev–Trinajstić information content (AvgIpc) is 2.86. The number of hydrogen-bond acceptors (Lipinski definition) is 6. The summed E-state index contributed by atoms with van der Waals surface area (Å²) in [5.41, 5.74) is 0.921. The molecule has 0 aliphatic heterocycles. The van der Waals surface area contributed by atoms with Gasteiger partial charge >= 0.3 is 0 Å². The lowest BCUT2D eigenvalue weighted by Gasteiger charge is -2.22. The molecule has 0 bridgehead atoms. The van der Waals surface area contributed by atoms with Crippen molar-refractivity contribution in [3.63, 3.8) is 0 Å². The average molecular weight is 510 g/mol. The van der Waals surface area contributed by atoms with Crippen LogP contribution < -0.4 is 9.88 Å². The highest BCUT2D eigenvalue weighted by Crippen LogP contribution is 2.38. The lowest BCUT2D eigenvalue weighted by molar-refractivity contribution is -0.388. The van der Waals surface area contributed by atoms with Gasteiger partial charge in [0, 0.05) is 18.1 Å². The highest BCUT2D eigenvalue weighted by molar-refractivity contribution is 7.45. The molecule has 0 saturated heterocycles. The van der Waals surface area contributed by atoms with Gasteiger partial charge in [-0.3, -0.25) is 4.57 Å². The van der Waals surface area contributed by atoms with Crippen LogP contribution in [0.2, 0.25) is 0 Å². The molecule has 0 fully saturated rings. The molecule has 1 unspecified atom stereocenters. The molecule has 0 aliphatic carbocycles. The highest BCUT2D eigenvalue weighted by Gasteiger charge is 2.12. The number of unbranched alkanes of at least 4 members (excludes halogenated alkanes) is 9. The number of aromatic amines is 1. The molecule has 35 heavy (non-hydrogen) atoms. The molecule has 198 valence electrons. The van der Waals surface area contributed by atoms with Crippen LogP contribution in [0.15, 0.2) is 36.5 Å². The van der Waals surface area contributed by atoms with E-state index in [0.29, 0.717) is 19.6 Å². The first-order valence-corrected chi connectivity index (χ1v) is 14.7. The Labute approximate surface area is 211 Å². The van der Waals surface area contributed by atoms with E-state index in [0.717, 1.165) is 29.5 Å². The van der Waals surface area contributed by atoms with Crippen LogP contribution in [0, 0.1) is 0 Å². The summed E-state index contributed by atoms with van der Waals surface area (Å²) < 4.78 is 32.8. The van der Waals surface area contributed by atoms with E-state index in [1.54, 1.807) is 0 Å². The van der Waals surface area contributed by atoms with E-state index < -0.39 is 7.82 Å². The Hall–Kier alpha value is -1.34. The molecule has 8 heteroatoms. The highest BCUT2D eigenvalue weighted by atomic mass is 31.2. The van der Waals surface area contributed by atoms with E-state index in [4.69, 9.17) is 18.5 Å². The second kappa shape index (κ2) is 18.9. The van der Waals surface area contributed by atoms with Gasteiger partial charge in [-0.1, -0.05) is 82.9 Å². The number of hydrogen-bond donors (Lipinski definition) is 0. The molecule has 0 aliphatic rings. The molecule has 1 aromatic carbocycles. The molecular weight excluding hydrogens is 465 g/mol. The maximum absolute atomic E-state index is 11.9. The van der Waals surface area contributed by atoms with Crippen LogP contribution in [0.1, 0.15) is 76.8 Å². The number of H-pyrrole nitrogens is 1. The number of fused-ring (bicyclic) bond motifs is 1. The van der Waals surface area contributed by atoms with Crippen molar-refractivity contribution in [1.82, 2.24) is 0 Å². The van der Waals surface area contributed by atoms with E-state index in [2.05, 4.69) is 11.9 Å². The van der Waals surface area contributed by atoms with Crippen LogP contribution in [0.4, 0.5) is 0 Å². The van der Waals surface area contributed by atoms with E-state index >= 15 is 0 Å². The van der Waals surface area contributed by atoms with Gasteiger partial charge in [0.15, 0.2) is 11.9 Å². The minimum Gasteiger partial charge on any atom is -0.756 e. The fraction of sp³-hybridized carbons (Fsp3) is 0.667. The van der Waals surface area contributed by atoms with Crippen molar-refractivity contribution in [2.24, 2.45) is 0 Å². The fourth-order valence-corrected chi connectivity index (χ4v) is 4.64. The maximum Gasteiger partial charge on any atom is 0.267 e. The Morgan fingerprint density at radius 1 is 0.743 bits per heavy atom. The number of ether oxygens (including phenoxy) is 2. The fourth-order valence-electron chi connectivity index (χ4n) is 3.95. The third-order valence-corrected chi connectivity index (χ3v) is 6.90. The summed E-state index contributed by atoms with van der Waals surface area (Å²) in [4.78, 5) is 15.1.